The summed E-state index contributed by atoms with van der Waals surface area (Å²) < 4.78 is 6.43. The van der Waals surface area contributed by atoms with Gasteiger partial charge in [-0.3, -0.25) is 0 Å². The second-order valence-electron chi connectivity index (χ2n) is 11.3. The molecule has 0 radical (unpaired) electrons. The molecule has 0 fully saturated rings. The molecule has 0 saturated heterocycles. The molecule has 0 aliphatic carbocycles. The lowest BCUT2D eigenvalue weighted by atomic mass is 9.97. The lowest BCUT2D eigenvalue weighted by Crippen LogP contribution is -2.00. The summed E-state index contributed by atoms with van der Waals surface area (Å²) in [6.07, 6.45) is 0. The Kier molecular flexibility index (Phi) is 5.78. The molecule has 9 rings (SSSR count). The van der Waals surface area contributed by atoms with Gasteiger partial charge in [0.25, 0.3) is 0 Å². The quantitative estimate of drug-likeness (QED) is 0.209. The Hall–Kier alpha value is -6.13. The Labute approximate surface area is 259 Å². The highest BCUT2D eigenvalue weighted by Crippen LogP contribution is 2.41. The van der Waals surface area contributed by atoms with E-state index in [1.807, 2.05) is 30.3 Å². The molecule has 0 bridgehead atoms. The summed E-state index contributed by atoms with van der Waals surface area (Å²) in [5.41, 5.74) is 6.65. The zero-order valence-electron chi connectivity index (χ0n) is 24.2. The summed E-state index contributed by atoms with van der Waals surface area (Å²) in [6.45, 7) is 0. The molecule has 2 aromatic heterocycles. The van der Waals surface area contributed by atoms with Gasteiger partial charge in [-0.05, 0) is 56.9 Å². The number of furan rings is 1. The highest BCUT2D eigenvalue weighted by atomic mass is 16.3. The Balaban J connectivity index is 1.33. The second-order valence-corrected chi connectivity index (χ2v) is 11.3. The number of nitrogens with zero attached hydrogens (tertiary/aromatic N) is 3. The van der Waals surface area contributed by atoms with Gasteiger partial charge in [0.05, 0.1) is 0 Å². The summed E-state index contributed by atoms with van der Waals surface area (Å²) >= 11 is 0. The zero-order chi connectivity index (χ0) is 29.7. The summed E-state index contributed by atoms with van der Waals surface area (Å²) in [5.74, 6) is 1.86. The van der Waals surface area contributed by atoms with E-state index in [0.29, 0.717) is 17.5 Å². The van der Waals surface area contributed by atoms with Crippen LogP contribution in [0.3, 0.4) is 0 Å². The molecule has 4 nitrogen and oxygen atoms in total. The van der Waals surface area contributed by atoms with Crippen LogP contribution in [-0.4, -0.2) is 15.0 Å². The molecule has 45 heavy (non-hydrogen) atoms. The summed E-state index contributed by atoms with van der Waals surface area (Å²) in [6, 6.07) is 52.2. The van der Waals surface area contributed by atoms with Crippen molar-refractivity contribution in [1.29, 1.82) is 0 Å². The Morgan fingerprint density at radius 3 is 1.42 bits per heavy atom. The van der Waals surface area contributed by atoms with Crippen molar-refractivity contribution in [2.24, 2.45) is 0 Å². The molecule has 0 saturated carbocycles. The molecule has 0 N–H and O–H groups in total. The van der Waals surface area contributed by atoms with Crippen LogP contribution < -0.4 is 0 Å². The standard InChI is InChI=1S/C41H25N3O/c1-2-12-28(13-3-1)33-16-8-18-35-37(33)38-34(17-9-19-36(38)45-35)41-43-39(31-22-20-26-10-4-6-14-29(26)24-31)42-40(44-41)32-23-21-27-11-5-7-15-30(27)25-32/h1-25H. The molecule has 7 aromatic carbocycles. The predicted octanol–water partition coefficient (Wildman–Crippen LogP) is 10.7. The SMILES string of the molecule is c1ccc(-c2cccc3oc4cccc(-c5nc(-c6ccc7ccccc7c6)nc(-c6ccc7ccccc7c6)n5)c4c23)cc1. The molecular formula is C41H25N3O. The van der Waals surface area contributed by atoms with Crippen LogP contribution >= 0.6 is 0 Å². The van der Waals surface area contributed by atoms with Crippen LogP contribution in [0, 0.1) is 0 Å². The number of hydrogen-bond acceptors (Lipinski definition) is 4. The second kappa shape index (κ2) is 10.2. The Bertz CT molecular complexity index is 2450. The third-order valence-corrected chi connectivity index (χ3v) is 8.50. The van der Waals surface area contributed by atoms with Gasteiger partial charge in [-0.1, -0.05) is 127 Å². The molecular weight excluding hydrogens is 550 g/mol. The zero-order valence-corrected chi connectivity index (χ0v) is 24.2. The number of aromatic nitrogens is 3. The van der Waals surface area contributed by atoms with E-state index in [1.54, 1.807) is 0 Å². The van der Waals surface area contributed by atoms with Crippen molar-refractivity contribution in [3.8, 4) is 45.3 Å². The van der Waals surface area contributed by atoms with E-state index in [-0.39, 0.29) is 0 Å². The monoisotopic (exact) mass is 575 g/mol. The van der Waals surface area contributed by atoms with Crippen molar-refractivity contribution in [2.75, 3.05) is 0 Å². The first-order valence-corrected chi connectivity index (χ1v) is 15.0. The summed E-state index contributed by atoms with van der Waals surface area (Å²) in [7, 11) is 0. The van der Waals surface area contributed by atoms with E-state index in [0.717, 1.165) is 60.5 Å². The highest BCUT2D eigenvalue weighted by Gasteiger charge is 2.20. The van der Waals surface area contributed by atoms with Crippen LogP contribution in [0.25, 0.3) is 88.8 Å². The van der Waals surface area contributed by atoms with E-state index < -0.39 is 0 Å². The van der Waals surface area contributed by atoms with E-state index in [2.05, 4.69) is 121 Å². The first-order chi connectivity index (χ1) is 22.3. The molecule has 0 amide bonds. The minimum atomic E-state index is 0.604. The van der Waals surface area contributed by atoms with Gasteiger partial charge in [0.1, 0.15) is 11.2 Å². The predicted molar refractivity (Wildman–Crippen MR) is 184 cm³/mol. The van der Waals surface area contributed by atoms with Gasteiger partial charge >= 0.3 is 0 Å². The normalized spacial score (nSPS) is 11.6. The van der Waals surface area contributed by atoms with Gasteiger partial charge in [0, 0.05) is 27.5 Å². The minimum absolute atomic E-state index is 0.604. The third-order valence-electron chi connectivity index (χ3n) is 8.50. The lowest BCUT2D eigenvalue weighted by Gasteiger charge is -2.11. The topological polar surface area (TPSA) is 51.8 Å². The lowest BCUT2D eigenvalue weighted by molar-refractivity contribution is 0.669. The van der Waals surface area contributed by atoms with E-state index >= 15 is 0 Å². The number of hydrogen-bond donors (Lipinski definition) is 0. The maximum atomic E-state index is 6.43. The number of fused-ring (bicyclic) bond motifs is 5. The maximum absolute atomic E-state index is 6.43. The molecule has 210 valence electrons. The molecule has 0 spiro atoms. The van der Waals surface area contributed by atoms with Gasteiger partial charge < -0.3 is 4.42 Å². The van der Waals surface area contributed by atoms with Crippen molar-refractivity contribution in [1.82, 2.24) is 15.0 Å². The van der Waals surface area contributed by atoms with Crippen molar-refractivity contribution in [2.45, 2.75) is 0 Å². The number of rotatable bonds is 4. The smallest absolute Gasteiger partial charge is 0.164 e. The van der Waals surface area contributed by atoms with Crippen molar-refractivity contribution < 1.29 is 4.42 Å². The molecule has 0 atom stereocenters. The first kappa shape index (κ1) is 25.4. The molecule has 4 heteroatoms. The Morgan fingerprint density at radius 1 is 0.333 bits per heavy atom. The van der Waals surface area contributed by atoms with Gasteiger partial charge in [-0.2, -0.15) is 0 Å². The van der Waals surface area contributed by atoms with E-state index in [1.165, 1.54) is 10.8 Å². The fourth-order valence-corrected chi connectivity index (χ4v) is 6.32. The first-order valence-electron chi connectivity index (χ1n) is 15.0. The average molecular weight is 576 g/mol. The molecule has 0 unspecified atom stereocenters. The summed E-state index contributed by atoms with van der Waals surface area (Å²) in [4.78, 5) is 15.3. The van der Waals surface area contributed by atoms with Gasteiger partial charge in [0.2, 0.25) is 0 Å². The fourth-order valence-electron chi connectivity index (χ4n) is 6.32. The average Bonchev–Trinajstić information content (AvgIpc) is 3.51. The Morgan fingerprint density at radius 2 is 0.822 bits per heavy atom. The van der Waals surface area contributed by atoms with Gasteiger partial charge in [0.15, 0.2) is 17.5 Å². The fraction of sp³-hybridized carbons (Fsp3) is 0. The molecule has 2 heterocycles. The summed E-state index contributed by atoms with van der Waals surface area (Å²) in [5, 5.41) is 6.67. The molecule has 0 aliphatic heterocycles. The minimum Gasteiger partial charge on any atom is -0.456 e. The van der Waals surface area contributed by atoms with Crippen LogP contribution in [0.4, 0.5) is 0 Å². The van der Waals surface area contributed by atoms with Crippen molar-refractivity contribution in [3.63, 3.8) is 0 Å². The van der Waals surface area contributed by atoms with Crippen molar-refractivity contribution >= 4 is 43.5 Å². The largest absolute Gasteiger partial charge is 0.456 e. The van der Waals surface area contributed by atoms with Crippen LogP contribution in [0.2, 0.25) is 0 Å². The highest BCUT2D eigenvalue weighted by molar-refractivity contribution is 6.17. The van der Waals surface area contributed by atoms with E-state index in [9.17, 15) is 0 Å². The maximum Gasteiger partial charge on any atom is 0.164 e. The molecule has 0 aliphatic rings. The van der Waals surface area contributed by atoms with Crippen LogP contribution in [0.5, 0.6) is 0 Å². The van der Waals surface area contributed by atoms with Gasteiger partial charge in [-0.15, -0.1) is 0 Å². The van der Waals surface area contributed by atoms with Crippen LogP contribution in [0.1, 0.15) is 0 Å². The van der Waals surface area contributed by atoms with Crippen molar-refractivity contribution in [3.05, 3.63) is 152 Å². The third kappa shape index (κ3) is 4.35. The van der Waals surface area contributed by atoms with Crippen LogP contribution in [0.15, 0.2) is 156 Å². The van der Waals surface area contributed by atoms with Gasteiger partial charge in [-0.25, -0.2) is 15.0 Å². The van der Waals surface area contributed by atoms with E-state index in [4.69, 9.17) is 19.4 Å². The van der Waals surface area contributed by atoms with Crippen LogP contribution in [-0.2, 0) is 0 Å². The molecule has 9 aromatic rings. The number of benzene rings is 7.